The number of hydrogen-bond acceptors (Lipinski definition) is 3. The number of halogens is 3. The molecule has 3 rings (SSSR count). The summed E-state index contributed by atoms with van der Waals surface area (Å²) in [5, 5.41) is 18.0. The molecule has 0 saturated heterocycles. The van der Waals surface area contributed by atoms with Crippen LogP contribution in [0, 0.1) is 27.7 Å². The van der Waals surface area contributed by atoms with Crippen LogP contribution in [-0.2, 0) is 13.1 Å². The van der Waals surface area contributed by atoms with Crippen molar-refractivity contribution in [3.05, 3.63) is 61.6 Å². The van der Waals surface area contributed by atoms with Gasteiger partial charge in [0.05, 0.1) is 50.1 Å². The lowest BCUT2D eigenvalue weighted by Gasteiger charge is -2.12. The minimum atomic E-state index is 0.534. The van der Waals surface area contributed by atoms with Crippen molar-refractivity contribution in [3.63, 3.8) is 0 Å². The van der Waals surface area contributed by atoms with Gasteiger partial charge in [0.15, 0.2) is 5.11 Å². The molecule has 0 fully saturated rings. The molecule has 0 radical (unpaired) electrons. The maximum absolute atomic E-state index is 6.20. The van der Waals surface area contributed by atoms with Crippen molar-refractivity contribution in [1.29, 1.82) is 0 Å². The van der Waals surface area contributed by atoms with Crippen LogP contribution < -0.4 is 10.6 Å². The Balaban J connectivity index is 1.55. The summed E-state index contributed by atoms with van der Waals surface area (Å²) < 4.78 is 3.85. The summed E-state index contributed by atoms with van der Waals surface area (Å²) >= 11 is 23.8. The number of aromatic nitrogens is 4. The molecule has 0 aliphatic heterocycles. The van der Waals surface area contributed by atoms with Crippen LogP contribution in [0.25, 0.3) is 0 Å². The smallest absolute Gasteiger partial charge is 0.170 e. The van der Waals surface area contributed by atoms with Crippen molar-refractivity contribution in [3.8, 4) is 0 Å². The molecule has 0 unspecified atom stereocenters. The predicted octanol–water partition coefficient (Wildman–Crippen LogP) is 5.70. The van der Waals surface area contributed by atoms with Gasteiger partial charge in [-0.25, -0.2) is 0 Å². The molecule has 0 aliphatic carbocycles. The van der Waals surface area contributed by atoms with Gasteiger partial charge in [-0.2, -0.15) is 10.2 Å². The maximum atomic E-state index is 6.20. The van der Waals surface area contributed by atoms with Crippen molar-refractivity contribution >= 4 is 57.8 Å². The van der Waals surface area contributed by atoms with Crippen molar-refractivity contribution in [2.24, 2.45) is 0 Å². The van der Waals surface area contributed by atoms with Gasteiger partial charge in [0.2, 0.25) is 0 Å². The highest BCUT2D eigenvalue weighted by Crippen LogP contribution is 2.25. The van der Waals surface area contributed by atoms with Crippen molar-refractivity contribution in [2.45, 2.75) is 47.2 Å². The van der Waals surface area contributed by atoms with Crippen LogP contribution in [0.1, 0.15) is 34.8 Å². The highest BCUT2D eigenvalue weighted by molar-refractivity contribution is 7.80. The first-order chi connectivity index (χ1) is 14.7. The van der Waals surface area contributed by atoms with E-state index in [1.807, 2.05) is 49.2 Å². The number of benzene rings is 1. The topological polar surface area (TPSA) is 59.7 Å². The molecule has 6 nitrogen and oxygen atoms in total. The van der Waals surface area contributed by atoms with Gasteiger partial charge >= 0.3 is 0 Å². The van der Waals surface area contributed by atoms with E-state index in [9.17, 15) is 0 Å². The molecule has 0 spiro atoms. The van der Waals surface area contributed by atoms with Crippen molar-refractivity contribution in [1.82, 2.24) is 24.9 Å². The lowest BCUT2D eigenvalue weighted by molar-refractivity contribution is 0.558. The van der Waals surface area contributed by atoms with E-state index in [1.165, 1.54) is 0 Å². The number of nitrogens with one attached hydrogen (secondary N) is 2. The molecular formula is C21H25Cl3N6S. The van der Waals surface area contributed by atoms with Crippen LogP contribution in [0.2, 0.25) is 15.1 Å². The third kappa shape index (κ3) is 5.71. The largest absolute Gasteiger partial charge is 0.362 e. The molecule has 1 aromatic carbocycles. The quantitative estimate of drug-likeness (QED) is 0.323. The maximum Gasteiger partial charge on any atom is 0.170 e. The van der Waals surface area contributed by atoms with E-state index in [0.717, 1.165) is 58.6 Å². The Morgan fingerprint density at radius 1 is 0.968 bits per heavy atom. The first-order valence-corrected chi connectivity index (χ1v) is 11.4. The van der Waals surface area contributed by atoms with Gasteiger partial charge in [-0.1, -0.05) is 40.9 Å². The third-order valence-corrected chi connectivity index (χ3v) is 6.59. The third-order valence-electron chi connectivity index (χ3n) is 5.06. The number of anilines is 1. The normalized spacial score (nSPS) is 11.1. The second-order valence-electron chi connectivity index (χ2n) is 7.39. The summed E-state index contributed by atoms with van der Waals surface area (Å²) in [6.45, 7) is 9.94. The second-order valence-corrected chi connectivity index (χ2v) is 8.99. The van der Waals surface area contributed by atoms with Gasteiger partial charge < -0.3 is 10.6 Å². The van der Waals surface area contributed by atoms with Crippen LogP contribution in [0.15, 0.2) is 18.2 Å². The second kappa shape index (κ2) is 10.2. The monoisotopic (exact) mass is 498 g/mol. The highest BCUT2D eigenvalue weighted by Gasteiger charge is 2.14. The zero-order valence-corrected chi connectivity index (χ0v) is 21.0. The zero-order valence-electron chi connectivity index (χ0n) is 17.9. The summed E-state index contributed by atoms with van der Waals surface area (Å²) in [5.41, 5.74) is 5.64. The molecule has 0 bridgehead atoms. The summed E-state index contributed by atoms with van der Waals surface area (Å²) in [4.78, 5) is 0. The van der Waals surface area contributed by atoms with Crippen LogP contribution in [-0.4, -0.2) is 31.2 Å². The number of rotatable bonds is 7. The molecule has 166 valence electrons. The number of thiocarbonyl (C=S) groups is 1. The van der Waals surface area contributed by atoms with Crippen LogP contribution >= 0.6 is 47.0 Å². The van der Waals surface area contributed by atoms with Crippen molar-refractivity contribution < 1.29 is 0 Å². The fourth-order valence-corrected chi connectivity index (χ4v) is 3.98. The van der Waals surface area contributed by atoms with E-state index in [1.54, 1.807) is 6.07 Å². The molecule has 0 saturated carbocycles. The van der Waals surface area contributed by atoms with Crippen LogP contribution in [0.5, 0.6) is 0 Å². The molecule has 31 heavy (non-hydrogen) atoms. The van der Waals surface area contributed by atoms with E-state index >= 15 is 0 Å². The van der Waals surface area contributed by atoms with E-state index < -0.39 is 0 Å². The number of hydrogen-bond donors (Lipinski definition) is 2. The molecule has 0 amide bonds. The number of nitrogens with zero attached hydrogens (tertiary/aromatic N) is 4. The average molecular weight is 500 g/mol. The van der Waals surface area contributed by atoms with Gasteiger partial charge in [-0.3, -0.25) is 9.36 Å². The van der Waals surface area contributed by atoms with Gasteiger partial charge in [-0.05, 0) is 64.0 Å². The molecule has 10 heteroatoms. The fraction of sp³-hybridized carbons (Fsp3) is 0.381. The lowest BCUT2D eigenvalue weighted by atomic mass is 10.2. The van der Waals surface area contributed by atoms with E-state index in [-0.39, 0.29) is 0 Å². The summed E-state index contributed by atoms with van der Waals surface area (Å²) in [6, 6.07) is 5.60. The van der Waals surface area contributed by atoms with Crippen LogP contribution in [0.4, 0.5) is 5.69 Å². The first-order valence-electron chi connectivity index (χ1n) is 9.89. The summed E-state index contributed by atoms with van der Waals surface area (Å²) in [5.74, 6) is 0. The molecule has 0 aliphatic rings. The van der Waals surface area contributed by atoms with Gasteiger partial charge in [-0.15, -0.1) is 0 Å². The Morgan fingerprint density at radius 3 is 2.32 bits per heavy atom. The Hall–Kier alpha value is -1.80. The molecule has 0 atom stereocenters. The van der Waals surface area contributed by atoms with Gasteiger partial charge in [0.25, 0.3) is 0 Å². The van der Waals surface area contributed by atoms with Gasteiger partial charge in [0.1, 0.15) is 0 Å². The molecule has 2 heterocycles. The van der Waals surface area contributed by atoms with E-state index in [4.69, 9.17) is 47.0 Å². The Labute approximate surface area is 202 Å². The zero-order chi connectivity index (χ0) is 22.7. The highest BCUT2D eigenvalue weighted by atomic mass is 35.5. The predicted molar refractivity (Wildman–Crippen MR) is 133 cm³/mol. The van der Waals surface area contributed by atoms with E-state index in [0.29, 0.717) is 21.7 Å². The minimum Gasteiger partial charge on any atom is -0.362 e. The molecule has 2 aromatic heterocycles. The average Bonchev–Trinajstić information content (AvgIpc) is 3.12. The Morgan fingerprint density at radius 2 is 1.68 bits per heavy atom. The lowest BCUT2D eigenvalue weighted by Crippen LogP contribution is -2.30. The molecule has 3 aromatic rings. The van der Waals surface area contributed by atoms with Crippen LogP contribution in [0.3, 0.4) is 0 Å². The first kappa shape index (κ1) is 23.9. The van der Waals surface area contributed by atoms with Gasteiger partial charge in [0, 0.05) is 13.1 Å². The Bertz CT molecular complexity index is 1110. The van der Waals surface area contributed by atoms with E-state index in [2.05, 4.69) is 20.8 Å². The summed E-state index contributed by atoms with van der Waals surface area (Å²) in [7, 11) is 0. The summed E-state index contributed by atoms with van der Waals surface area (Å²) in [6.07, 6.45) is 0.870. The minimum absolute atomic E-state index is 0.534. The standard InChI is InChI=1S/C21H25Cl3N6S/c1-12-19(24)14(3)29(27-12)9-5-8-25-21(31)26-20-13(2)28-30(15(20)4)11-16-6-7-17(22)18(23)10-16/h6-7,10H,5,8-9,11H2,1-4H3,(H2,25,26,31). The fourth-order valence-electron chi connectivity index (χ4n) is 3.32. The number of aryl methyl sites for hydroxylation is 3. The SMILES string of the molecule is Cc1nn(CCCNC(=S)Nc2c(C)nn(Cc3ccc(Cl)c(Cl)c3)c2C)c(C)c1Cl. The molecule has 2 N–H and O–H groups in total. The molecular weight excluding hydrogens is 475 g/mol. The van der Waals surface area contributed by atoms with Crippen molar-refractivity contribution in [2.75, 3.05) is 11.9 Å². The Kier molecular flexibility index (Phi) is 7.86.